The highest BCUT2D eigenvalue weighted by atomic mass is 16.6. The first-order valence-corrected chi connectivity index (χ1v) is 5.11. The highest BCUT2D eigenvalue weighted by molar-refractivity contribution is 5.91. The van der Waals surface area contributed by atoms with E-state index in [0.29, 0.717) is 0 Å². The first-order chi connectivity index (χ1) is 7.95. The Bertz CT molecular complexity index is 413. The van der Waals surface area contributed by atoms with Crippen molar-refractivity contribution in [3.63, 3.8) is 0 Å². The van der Waals surface area contributed by atoms with E-state index in [0.717, 1.165) is 6.07 Å². The SMILES string of the molecule is CC(C)C(CO)NC(=O)c1ccc([N+](=O)[O-])o1. The van der Waals surface area contributed by atoms with Crippen molar-refractivity contribution < 1.29 is 19.2 Å². The minimum absolute atomic E-state index is 0.0499. The Morgan fingerprint density at radius 1 is 1.59 bits per heavy atom. The van der Waals surface area contributed by atoms with Crippen molar-refractivity contribution in [2.75, 3.05) is 6.61 Å². The van der Waals surface area contributed by atoms with Crippen LogP contribution in [0.4, 0.5) is 5.88 Å². The molecule has 0 aliphatic heterocycles. The van der Waals surface area contributed by atoms with Gasteiger partial charge in [0.05, 0.1) is 18.7 Å². The van der Waals surface area contributed by atoms with Gasteiger partial charge < -0.3 is 14.8 Å². The maximum Gasteiger partial charge on any atom is 0.433 e. The van der Waals surface area contributed by atoms with E-state index in [1.165, 1.54) is 6.07 Å². The van der Waals surface area contributed by atoms with Crippen LogP contribution in [-0.2, 0) is 0 Å². The van der Waals surface area contributed by atoms with E-state index >= 15 is 0 Å². The van der Waals surface area contributed by atoms with E-state index in [-0.39, 0.29) is 18.3 Å². The molecule has 0 spiro atoms. The second-order valence-corrected chi connectivity index (χ2v) is 3.90. The van der Waals surface area contributed by atoms with Crippen LogP contribution >= 0.6 is 0 Å². The van der Waals surface area contributed by atoms with Crippen LogP contribution in [-0.4, -0.2) is 28.6 Å². The summed E-state index contributed by atoms with van der Waals surface area (Å²) in [6.45, 7) is 3.48. The van der Waals surface area contributed by atoms with Crippen molar-refractivity contribution in [1.82, 2.24) is 5.32 Å². The lowest BCUT2D eigenvalue weighted by atomic mass is 10.1. The largest absolute Gasteiger partial charge is 0.433 e. The third-order valence-electron chi connectivity index (χ3n) is 2.31. The van der Waals surface area contributed by atoms with Crippen molar-refractivity contribution in [1.29, 1.82) is 0 Å². The summed E-state index contributed by atoms with van der Waals surface area (Å²) in [6, 6.07) is 1.92. The number of nitrogens with zero attached hydrogens (tertiary/aromatic N) is 1. The van der Waals surface area contributed by atoms with Gasteiger partial charge in [0.2, 0.25) is 0 Å². The Kier molecular flexibility index (Phi) is 4.22. The summed E-state index contributed by atoms with van der Waals surface area (Å²) in [4.78, 5) is 21.3. The third-order valence-corrected chi connectivity index (χ3v) is 2.31. The van der Waals surface area contributed by atoms with Gasteiger partial charge in [-0.05, 0) is 12.0 Å². The molecule has 0 aliphatic rings. The number of nitrogens with one attached hydrogen (secondary N) is 1. The van der Waals surface area contributed by atoms with E-state index in [1.54, 1.807) is 0 Å². The van der Waals surface area contributed by atoms with Gasteiger partial charge in [0.15, 0.2) is 5.76 Å². The topological polar surface area (TPSA) is 106 Å². The van der Waals surface area contributed by atoms with Crippen molar-refractivity contribution in [2.24, 2.45) is 5.92 Å². The Morgan fingerprint density at radius 3 is 2.65 bits per heavy atom. The van der Waals surface area contributed by atoms with Gasteiger partial charge in [-0.1, -0.05) is 13.8 Å². The predicted molar refractivity (Wildman–Crippen MR) is 58.5 cm³/mol. The number of rotatable bonds is 5. The van der Waals surface area contributed by atoms with Crippen molar-refractivity contribution in [3.05, 3.63) is 28.0 Å². The average molecular weight is 242 g/mol. The molecule has 1 amide bonds. The highest BCUT2D eigenvalue weighted by Gasteiger charge is 2.21. The summed E-state index contributed by atoms with van der Waals surface area (Å²) >= 11 is 0. The molecule has 1 heterocycles. The molecule has 7 heteroatoms. The van der Waals surface area contributed by atoms with E-state index in [2.05, 4.69) is 5.32 Å². The third kappa shape index (κ3) is 3.28. The standard InChI is InChI=1S/C10H14N2O5/c1-6(2)7(5-13)11-10(14)8-3-4-9(17-8)12(15)16/h3-4,6-7,13H,5H2,1-2H3,(H,11,14). The summed E-state index contributed by atoms with van der Waals surface area (Å²) in [5, 5.41) is 21.9. The van der Waals surface area contributed by atoms with Gasteiger partial charge in [-0.2, -0.15) is 0 Å². The highest BCUT2D eigenvalue weighted by Crippen LogP contribution is 2.15. The number of amides is 1. The zero-order valence-corrected chi connectivity index (χ0v) is 9.54. The first-order valence-electron chi connectivity index (χ1n) is 5.11. The second-order valence-electron chi connectivity index (χ2n) is 3.90. The minimum Gasteiger partial charge on any atom is -0.395 e. The summed E-state index contributed by atoms with van der Waals surface area (Å²) in [5.74, 6) is -1.16. The Morgan fingerprint density at radius 2 is 2.24 bits per heavy atom. The molecule has 2 N–H and O–H groups in total. The molecule has 1 rings (SSSR count). The van der Waals surface area contributed by atoms with Crippen molar-refractivity contribution in [2.45, 2.75) is 19.9 Å². The monoisotopic (exact) mass is 242 g/mol. The molecule has 94 valence electrons. The first kappa shape index (κ1) is 13.2. The number of carbonyl (C=O) groups is 1. The Hall–Kier alpha value is -1.89. The summed E-state index contributed by atoms with van der Waals surface area (Å²) in [5.41, 5.74) is 0. The number of nitro groups is 1. The number of aliphatic hydroxyl groups excluding tert-OH is 1. The average Bonchev–Trinajstić information content (AvgIpc) is 2.74. The van der Waals surface area contributed by atoms with E-state index < -0.39 is 22.8 Å². The molecule has 0 saturated carbocycles. The number of furan rings is 1. The molecular weight excluding hydrogens is 228 g/mol. The zero-order chi connectivity index (χ0) is 13.0. The molecular formula is C10H14N2O5. The predicted octanol–water partition coefficient (Wildman–Crippen LogP) is 0.935. The van der Waals surface area contributed by atoms with Gasteiger partial charge in [-0.25, -0.2) is 0 Å². The molecule has 1 aromatic rings. The number of hydrogen-bond acceptors (Lipinski definition) is 5. The van der Waals surface area contributed by atoms with Crippen LogP contribution in [0.5, 0.6) is 0 Å². The van der Waals surface area contributed by atoms with Crippen LogP contribution in [0.2, 0.25) is 0 Å². The Labute approximate surface area is 97.6 Å². The molecule has 1 aromatic heterocycles. The molecule has 0 saturated heterocycles. The minimum atomic E-state index is -0.719. The molecule has 7 nitrogen and oxygen atoms in total. The fourth-order valence-electron chi connectivity index (χ4n) is 1.21. The van der Waals surface area contributed by atoms with Gasteiger partial charge in [0, 0.05) is 0 Å². The summed E-state index contributed by atoms with van der Waals surface area (Å²) in [7, 11) is 0. The Balaban J connectivity index is 2.72. The van der Waals surface area contributed by atoms with E-state index in [9.17, 15) is 14.9 Å². The molecule has 0 aromatic carbocycles. The number of aliphatic hydroxyl groups is 1. The smallest absolute Gasteiger partial charge is 0.395 e. The fraction of sp³-hybridized carbons (Fsp3) is 0.500. The van der Waals surface area contributed by atoms with Crippen molar-refractivity contribution >= 4 is 11.8 Å². The van der Waals surface area contributed by atoms with E-state index in [1.807, 2.05) is 13.8 Å². The van der Waals surface area contributed by atoms with Crippen LogP contribution in [0.3, 0.4) is 0 Å². The molecule has 1 unspecified atom stereocenters. The van der Waals surface area contributed by atoms with Crippen LogP contribution in [0.1, 0.15) is 24.4 Å². The molecule has 17 heavy (non-hydrogen) atoms. The normalized spacial score (nSPS) is 12.5. The maximum absolute atomic E-state index is 11.6. The van der Waals surface area contributed by atoms with E-state index in [4.69, 9.17) is 9.52 Å². The van der Waals surface area contributed by atoms with Gasteiger partial charge >= 0.3 is 5.88 Å². The summed E-state index contributed by atoms with van der Waals surface area (Å²) < 4.78 is 4.74. The summed E-state index contributed by atoms with van der Waals surface area (Å²) in [6.07, 6.45) is 0. The molecule has 0 bridgehead atoms. The van der Waals surface area contributed by atoms with Gasteiger partial charge in [-0.3, -0.25) is 14.9 Å². The van der Waals surface area contributed by atoms with Gasteiger partial charge in [-0.15, -0.1) is 0 Å². The van der Waals surface area contributed by atoms with Gasteiger partial charge in [0.1, 0.15) is 4.92 Å². The lowest BCUT2D eigenvalue weighted by Crippen LogP contribution is -2.40. The molecule has 0 radical (unpaired) electrons. The second kappa shape index (κ2) is 5.44. The van der Waals surface area contributed by atoms with Crippen molar-refractivity contribution in [3.8, 4) is 0 Å². The quantitative estimate of drug-likeness (QED) is 0.590. The zero-order valence-electron chi connectivity index (χ0n) is 9.54. The lowest BCUT2D eigenvalue weighted by molar-refractivity contribution is -0.402. The lowest BCUT2D eigenvalue weighted by Gasteiger charge is -2.18. The van der Waals surface area contributed by atoms with Gasteiger partial charge in [0.25, 0.3) is 5.91 Å². The van der Waals surface area contributed by atoms with Crippen LogP contribution < -0.4 is 5.32 Å². The maximum atomic E-state index is 11.6. The molecule has 0 fully saturated rings. The van der Waals surface area contributed by atoms with Crippen LogP contribution in [0.15, 0.2) is 16.5 Å². The fourth-order valence-corrected chi connectivity index (χ4v) is 1.21. The molecule has 1 atom stereocenters. The van der Waals surface area contributed by atoms with Crippen LogP contribution in [0, 0.1) is 16.0 Å². The number of carbonyl (C=O) groups excluding carboxylic acids is 1. The molecule has 0 aliphatic carbocycles. The number of hydrogen-bond donors (Lipinski definition) is 2. The van der Waals surface area contributed by atoms with Crippen LogP contribution in [0.25, 0.3) is 0 Å².